The van der Waals surface area contributed by atoms with Crippen molar-refractivity contribution < 1.29 is 9.47 Å². The fourth-order valence-electron chi connectivity index (χ4n) is 4.52. The van der Waals surface area contributed by atoms with Gasteiger partial charge in [-0.25, -0.2) is 4.79 Å². The largest absolute Gasteiger partial charge is 0.497 e. The number of rotatable bonds is 3. The first kappa shape index (κ1) is 20.6. The number of methoxy groups -OCH3 is 1. The molecule has 4 aromatic rings. The summed E-state index contributed by atoms with van der Waals surface area (Å²) in [7, 11) is 4.81. The lowest BCUT2D eigenvalue weighted by atomic mass is 10.0. The summed E-state index contributed by atoms with van der Waals surface area (Å²) in [6, 6.07) is 15.0. The molecular weight excluding hydrogens is 430 g/mol. The highest BCUT2D eigenvalue weighted by molar-refractivity contribution is 6.30. The van der Waals surface area contributed by atoms with Gasteiger partial charge in [-0.15, -0.1) is 0 Å². The molecule has 0 saturated carbocycles. The number of halogens is 1. The van der Waals surface area contributed by atoms with Crippen LogP contribution >= 0.6 is 11.6 Å². The molecule has 0 saturated heterocycles. The zero-order chi connectivity index (χ0) is 22.6. The molecule has 0 aliphatic carbocycles. The van der Waals surface area contributed by atoms with Crippen LogP contribution in [0.5, 0.6) is 5.75 Å². The molecule has 0 N–H and O–H groups in total. The number of nitrogens with zero attached hydrogens (tertiary/aromatic N) is 3. The molecular formula is C24H22ClN3O4. The number of hydrogen-bond donors (Lipinski definition) is 0. The normalized spacial score (nSPS) is 15.7. The Hall–Kier alpha value is -3.29. The van der Waals surface area contributed by atoms with E-state index in [0.717, 1.165) is 32.8 Å². The predicted octanol–water partition coefficient (Wildman–Crippen LogP) is 3.49. The van der Waals surface area contributed by atoms with Crippen LogP contribution in [-0.4, -0.2) is 27.4 Å². The molecule has 7 nitrogen and oxygen atoms in total. The fourth-order valence-corrected chi connectivity index (χ4v) is 4.65. The maximum Gasteiger partial charge on any atom is 0.331 e. The van der Waals surface area contributed by atoms with Gasteiger partial charge < -0.3 is 14.0 Å². The van der Waals surface area contributed by atoms with Gasteiger partial charge in [-0.05, 0) is 35.4 Å². The molecule has 0 unspecified atom stereocenters. The van der Waals surface area contributed by atoms with Crippen LogP contribution in [0.1, 0.15) is 17.4 Å². The smallest absolute Gasteiger partial charge is 0.331 e. The zero-order valence-corrected chi connectivity index (χ0v) is 18.7. The first-order chi connectivity index (χ1) is 15.4. The lowest BCUT2D eigenvalue weighted by Crippen LogP contribution is -2.37. The van der Waals surface area contributed by atoms with Crippen molar-refractivity contribution in [2.24, 2.45) is 14.1 Å². The van der Waals surface area contributed by atoms with E-state index >= 15 is 0 Å². The van der Waals surface area contributed by atoms with Crippen LogP contribution in [-0.2, 0) is 25.4 Å². The predicted molar refractivity (Wildman–Crippen MR) is 124 cm³/mol. The van der Waals surface area contributed by atoms with Gasteiger partial charge in [0.05, 0.1) is 36.0 Å². The molecule has 1 aliphatic heterocycles. The topological polar surface area (TPSA) is 67.4 Å². The third kappa shape index (κ3) is 3.00. The molecule has 2 aromatic carbocycles. The second kappa shape index (κ2) is 7.69. The lowest BCUT2D eigenvalue weighted by molar-refractivity contribution is 0.0478. The number of benzene rings is 2. The van der Waals surface area contributed by atoms with Gasteiger partial charge in [0.25, 0.3) is 5.56 Å². The number of hydrogen-bond acceptors (Lipinski definition) is 4. The van der Waals surface area contributed by atoms with Crippen molar-refractivity contribution in [1.82, 2.24) is 13.7 Å². The third-order valence-corrected chi connectivity index (χ3v) is 6.34. The van der Waals surface area contributed by atoms with Crippen molar-refractivity contribution in [2.45, 2.75) is 12.6 Å². The van der Waals surface area contributed by atoms with Crippen molar-refractivity contribution in [3.8, 4) is 17.0 Å². The summed E-state index contributed by atoms with van der Waals surface area (Å²) in [6.07, 6.45) is -0.434. The maximum atomic E-state index is 13.4. The second-order valence-electron chi connectivity index (χ2n) is 7.85. The van der Waals surface area contributed by atoms with E-state index in [1.807, 2.05) is 36.4 Å². The van der Waals surface area contributed by atoms with E-state index in [1.165, 1.54) is 11.6 Å². The minimum absolute atomic E-state index is 0.330. The molecule has 1 atom stereocenters. The summed E-state index contributed by atoms with van der Waals surface area (Å²) in [5, 5.41) is 1.11. The van der Waals surface area contributed by atoms with Crippen molar-refractivity contribution in [1.29, 1.82) is 0 Å². The van der Waals surface area contributed by atoms with Gasteiger partial charge >= 0.3 is 5.69 Å². The van der Waals surface area contributed by atoms with Gasteiger partial charge in [0.1, 0.15) is 11.9 Å². The molecule has 32 heavy (non-hydrogen) atoms. The number of aromatic nitrogens is 3. The molecule has 1 aliphatic rings. The Morgan fingerprint density at radius 3 is 2.34 bits per heavy atom. The molecule has 2 aromatic heterocycles. The number of fused-ring (bicyclic) bond motifs is 3. The first-order valence-corrected chi connectivity index (χ1v) is 10.6. The lowest BCUT2D eigenvalue weighted by Gasteiger charge is -2.27. The monoisotopic (exact) mass is 451 g/mol. The Kier molecular flexibility index (Phi) is 4.95. The van der Waals surface area contributed by atoms with E-state index in [1.54, 1.807) is 26.3 Å². The highest BCUT2D eigenvalue weighted by Crippen LogP contribution is 2.40. The van der Waals surface area contributed by atoms with Gasteiger partial charge in [-0.2, -0.15) is 0 Å². The van der Waals surface area contributed by atoms with Crippen LogP contribution in [0.15, 0.2) is 58.1 Å². The average Bonchev–Trinajstić information content (AvgIpc) is 3.17. The fraction of sp³-hybridized carbons (Fsp3) is 0.250. The molecule has 3 heterocycles. The van der Waals surface area contributed by atoms with Gasteiger partial charge in [-0.1, -0.05) is 35.9 Å². The van der Waals surface area contributed by atoms with E-state index in [-0.39, 0.29) is 11.2 Å². The van der Waals surface area contributed by atoms with E-state index < -0.39 is 6.10 Å². The summed E-state index contributed by atoms with van der Waals surface area (Å²) in [5.74, 6) is 0.743. The Balaban J connectivity index is 1.89. The summed E-state index contributed by atoms with van der Waals surface area (Å²) >= 11 is 6.12. The van der Waals surface area contributed by atoms with E-state index in [0.29, 0.717) is 29.1 Å². The van der Waals surface area contributed by atoms with Crippen LogP contribution in [0.25, 0.3) is 22.2 Å². The van der Waals surface area contributed by atoms with Crippen LogP contribution < -0.4 is 16.0 Å². The standard InChI is InChI=1S/C24H22ClN3O4/c1-26-20-18(23(29)27(2)24(26)30)19(14-4-8-16(25)9-5-14)28-12-13-32-22(21(20)28)15-6-10-17(31-3)11-7-15/h4-11,22H,12-13H2,1-3H3/t22-/m1/s1. The summed E-state index contributed by atoms with van der Waals surface area (Å²) in [4.78, 5) is 26.2. The Bertz CT molecular complexity index is 1450. The first-order valence-electron chi connectivity index (χ1n) is 10.3. The Labute approximate surface area is 189 Å². The van der Waals surface area contributed by atoms with Crippen LogP contribution in [0, 0.1) is 0 Å². The van der Waals surface area contributed by atoms with Crippen molar-refractivity contribution in [3.63, 3.8) is 0 Å². The molecule has 5 rings (SSSR count). The van der Waals surface area contributed by atoms with Gasteiger partial charge in [0.15, 0.2) is 0 Å². The maximum absolute atomic E-state index is 13.4. The molecule has 0 radical (unpaired) electrons. The van der Waals surface area contributed by atoms with Crippen molar-refractivity contribution in [3.05, 3.63) is 85.6 Å². The van der Waals surface area contributed by atoms with Crippen LogP contribution in [0.3, 0.4) is 0 Å². The SMILES string of the molecule is COc1ccc([C@H]2OCCn3c(-c4ccc(Cl)cc4)c4c(=O)n(C)c(=O)n(C)c4c32)cc1. The molecule has 0 spiro atoms. The van der Waals surface area contributed by atoms with Crippen molar-refractivity contribution >= 4 is 22.5 Å². The van der Waals surface area contributed by atoms with E-state index in [9.17, 15) is 9.59 Å². The third-order valence-electron chi connectivity index (χ3n) is 6.09. The Morgan fingerprint density at radius 1 is 1.00 bits per heavy atom. The molecule has 8 heteroatoms. The second-order valence-corrected chi connectivity index (χ2v) is 8.28. The average molecular weight is 452 g/mol. The minimum atomic E-state index is -0.434. The molecule has 0 bridgehead atoms. The molecule has 0 fully saturated rings. The highest BCUT2D eigenvalue weighted by atomic mass is 35.5. The highest BCUT2D eigenvalue weighted by Gasteiger charge is 2.33. The Morgan fingerprint density at radius 2 is 1.69 bits per heavy atom. The van der Waals surface area contributed by atoms with E-state index in [4.69, 9.17) is 21.1 Å². The van der Waals surface area contributed by atoms with Gasteiger partial charge in [-0.3, -0.25) is 13.9 Å². The minimum Gasteiger partial charge on any atom is -0.497 e. The molecule has 164 valence electrons. The number of aryl methyl sites for hydroxylation is 1. The summed E-state index contributed by atoms with van der Waals surface area (Å²) in [5.41, 5.74) is 3.21. The van der Waals surface area contributed by atoms with E-state index in [2.05, 4.69) is 4.57 Å². The van der Waals surface area contributed by atoms with Crippen LogP contribution in [0.4, 0.5) is 0 Å². The molecule has 0 amide bonds. The van der Waals surface area contributed by atoms with Crippen molar-refractivity contribution in [2.75, 3.05) is 13.7 Å². The quantitative estimate of drug-likeness (QED) is 0.478. The van der Waals surface area contributed by atoms with Gasteiger partial charge in [0, 0.05) is 25.7 Å². The van der Waals surface area contributed by atoms with Crippen LogP contribution in [0.2, 0.25) is 5.02 Å². The zero-order valence-electron chi connectivity index (χ0n) is 18.0. The summed E-state index contributed by atoms with van der Waals surface area (Å²) < 4.78 is 16.3. The summed E-state index contributed by atoms with van der Waals surface area (Å²) in [6.45, 7) is 1.03. The van der Waals surface area contributed by atoms with Gasteiger partial charge in [0.2, 0.25) is 0 Å². The number of ether oxygens (including phenoxy) is 2.